The SMILES string of the molecule is CCCNc1ccc(NC(=O)CCOc2ccccc2)cn1. The van der Waals surface area contributed by atoms with Gasteiger partial charge in [-0.15, -0.1) is 0 Å². The number of rotatable bonds is 8. The van der Waals surface area contributed by atoms with Gasteiger partial charge in [0.25, 0.3) is 0 Å². The lowest BCUT2D eigenvalue weighted by Gasteiger charge is -2.08. The summed E-state index contributed by atoms with van der Waals surface area (Å²) in [5.74, 6) is 1.49. The van der Waals surface area contributed by atoms with Crippen molar-refractivity contribution in [1.29, 1.82) is 0 Å². The van der Waals surface area contributed by atoms with Crippen LogP contribution < -0.4 is 15.4 Å². The Hall–Kier alpha value is -2.56. The lowest BCUT2D eigenvalue weighted by atomic mass is 10.3. The second kappa shape index (κ2) is 8.67. The molecule has 2 aromatic rings. The average molecular weight is 299 g/mol. The number of carbonyl (C=O) groups is 1. The van der Waals surface area contributed by atoms with Crippen LogP contribution in [0.5, 0.6) is 5.75 Å². The summed E-state index contributed by atoms with van der Waals surface area (Å²) >= 11 is 0. The van der Waals surface area contributed by atoms with Gasteiger partial charge in [0, 0.05) is 6.54 Å². The van der Waals surface area contributed by atoms with E-state index in [9.17, 15) is 4.79 Å². The van der Waals surface area contributed by atoms with Gasteiger partial charge in [-0.25, -0.2) is 4.98 Å². The van der Waals surface area contributed by atoms with Crippen LogP contribution in [-0.4, -0.2) is 24.0 Å². The van der Waals surface area contributed by atoms with Crippen molar-refractivity contribution in [3.05, 3.63) is 48.7 Å². The molecule has 5 heteroatoms. The quantitative estimate of drug-likeness (QED) is 0.785. The molecule has 0 saturated heterocycles. The normalized spacial score (nSPS) is 10.0. The predicted octanol–water partition coefficient (Wildman–Crippen LogP) is 3.31. The molecule has 1 amide bonds. The average Bonchev–Trinajstić information content (AvgIpc) is 2.55. The van der Waals surface area contributed by atoms with E-state index in [1.165, 1.54) is 0 Å². The van der Waals surface area contributed by atoms with E-state index in [-0.39, 0.29) is 5.91 Å². The van der Waals surface area contributed by atoms with Crippen molar-refractivity contribution in [1.82, 2.24) is 4.98 Å². The molecule has 0 aliphatic heterocycles. The molecule has 2 N–H and O–H groups in total. The Balaban J connectivity index is 1.72. The zero-order chi connectivity index (χ0) is 15.6. The van der Waals surface area contributed by atoms with Gasteiger partial charge in [-0.3, -0.25) is 4.79 Å². The minimum atomic E-state index is -0.0907. The number of benzene rings is 1. The largest absolute Gasteiger partial charge is 0.493 e. The third kappa shape index (κ3) is 5.44. The molecule has 1 heterocycles. The minimum Gasteiger partial charge on any atom is -0.493 e. The molecule has 0 fully saturated rings. The van der Waals surface area contributed by atoms with Crippen molar-refractivity contribution < 1.29 is 9.53 Å². The molecule has 0 bridgehead atoms. The first kappa shape index (κ1) is 15.8. The zero-order valence-corrected chi connectivity index (χ0v) is 12.7. The molecule has 22 heavy (non-hydrogen) atoms. The van der Waals surface area contributed by atoms with Gasteiger partial charge in [0.05, 0.1) is 24.9 Å². The zero-order valence-electron chi connectivity index (χ0n) is 12.7. The molecular formula is C17H21N3O2. The highest BCUT2D eigenvalue weighted by Crippen LogP contribution is 2.11. The number of nitrogens with one attached hydrogen (secondary N) is 2. The Morgan fingerprint density at radius 3 is 2.68 bits per heavy atom. The number of aromatic nitrogens is 1. The smallest absolute Gasteiger partial charge is 0.227 e. The van der Waals surface area contributed by atoms with Gasteiger partial charge in [-0.05, 0) is 30.7 Å². The van der Waals surface area contributed by atoms with E-state index in [0.29, 0.717) is 18.7 Å². The lowest BCUT2D eigenvalue weighted by Crippen LogP contribution is -2.15. The second-order valence-electron chi connectivity index (χ2n) is 4.82. The van der Waals surface area contributed by atoms with Crippen LogP contribution in [0.2, 0.25) is 0 Å². The number of carbonyl (C=O) groups excluding carboxylic acids is 1. The van der Waals surface area contributed by atoms with Crippen LogP contribution in [0.4, 0.5) is 11.5 Å². The van der Waals surface area contributed by atoms with Crippen LogP contribution in [0, 0.1) is 0 Å². The van der Waals surface area contributed by atoms with Crippen molar-refractivity contribution in [2.24, 2.45) is 0 Å². The van der Waals surface area contributed by atoms with E-state index < -0.39 is 0 Å². The molecule has 2 rings (SSSR count). The maximum Gasteiger partial charge on any atom is 0.227 e. The maximum atomic E-state index is 11.8. The Morgan fingerprint density at radius 1 is 1.18 bits per heavy atom. The van der Waals surface area contributed by atoms with Gasteiger partial charge in [-0.1, -0.05) is 25.1 Å². The molecule has 116 valence electrons. The molecule has 0 saturated carbocycles. The van der Waals surface area contributed by atoms with Crippen molar-refractivity contribution >= 4 is 17.4 Å². The van der Waals surface area contributed by atoms with Gasteiger partial charge >= 0.3 is 0 Å². The van der Waals surface area contributed by atoms with E-state index in [4.69, 9.17) is 4.74 Å². The second-order valence-corrected chi connectivity index (χ2v) is 4.82. The fourth-order valence-electron chi connectivity index (χ4n) is 1.83. The van der Waals surface area contributed by atoms with Crippen LogP contribution in [0.3, 0.4) is 0 Å². The highest BCUT2D eigenvalue weighted by atomic mass is 16.5. The van der Waals surface area contributed by atoms with Crippen LogP contribution in [0.1, 0.15) is 19.8 Å². The molecule has 0 spiro atoms. The maximum absolute atomic E-state index is 11.8. The number of hydrogen-bond donors (Lipinski definition) is 2. The summed E-state index contributed by atoms with van der Waals surface area (Å²) in [5, 5.41) is 5.99. The lowest BCUT2D eigenvalue weighted by molar-refractivity contribution is -0.116. The number of amides is 1. The number of ether oxygens (including phenoxy) is 1. The van der Waals surface area contributed by atoms with Crippen LogP contribution in [0.15, 0.2) is 48.7 Å². The Labute approximate surface area is 130 Å². The number of pyridine rings is 1. The summed E-state index contributed by atoms with van der Waals surface area (Å²) in [5.41, 5.74) is 0.687. The van der Waals surface area contributed by atoms with Gasteiger partial charge in [0.1, 0.15) is 11.6 Å². The van der Waals surface area contributed by atoms with E-state index in [2.05, 4.69) is 22.5 Å². The van der Waals surface area contributed by atoms with Crippen LogP contribution in [-0.2, 0) is 4.79 Å². The molecule has 0 atom stereocenters. The standard InChI is InChI=1S/C17H21N3O2/c1-2-11-18-16-9-8-14(13-19-16)20-17(21)10-12-22-15-6-4-3-5-7-15/h3-9,13H,2,10-12H2,1H3,(H,18,19)(H,20,21). The molecule has 5 nitrogen and oxygen atoms in total. The minimum absolute atomic E-state index is 0.0907. The van der Waals surface area contributed by atoms with Gasteiger partial charge in [0.2, 0.25) is 5.91 Å². The molecule has 0 aliphatic rings. The van der Waals surface area contributed by atoms with Gasteiger partial charge in [0.15, 0.2) is 0 Å². The fourth-order valence-corrected chi connectivity index (χ4v) is 1.83. The molecule has 1 aromatic heterocycles. The van der Waals surface area contributed by atoms with Crippen molar-refractivity contribution in [2.45, 2.75) is 19.8 Å². The Kier molecular flexibility index (Phi) is 6.23. The fraction of sp³-hybridized carbons (Fsp3) is 0.294. The van der Waals surface area contributed by atoms with E-state index in [0.717, 1.165) is 24.5 Å². The van der Waals surface area contributed by atoms with Crippen molar-refractivity contribution in [3.8, 4) is 5.75 Å². The van der Waals surface area contributed by atoms with Crippen LogP contribution >= 0.6 is 0 Å². The third-order valence-electron chi connectivity index (χ3n) is 2.94. The Morgan fingerprint density at radius 2 is 2.00 bits per heavy atom. The summed E-state index contributed by atoms with van der Waals surface area (Å²) in [4.78, 5) is 16.1. The number of para-hydroxylation sites is 1. The summed E-state index contributed by atoms with van der Waals surface area (Å²) in [6, 6.07) is 13.1. The summed E-state index contributed by atoms with van der Waals surface area (Å²) in [6.07, 6.45) is 2.99. The van der Waals surface area contributed by atoms with Crippen molar-refractivity contribution in [2.75, 3.05) is 23.8 Å². The Bertz CT molecular complexity index is 570. The first-order valence-corrected chi connectivity index (χ1v) is 7.45. The molecule has 0 radical (unpaired) electrons. The topological polar surface area (TPSA) is 63.2 Å². The number of hydrogen-bond acceptors (Lipinski definition) is 4. The van der Waals surface area contributed by atoms with Gasteiger partial charge < -0.3 is 15.4 Å². The highest BCUT2D eigenvalue weighted by molar-refractivity contribution is 5.90. The van der Waals surface area contributed by atoms with Crippen LogP contribution in [0.25, 0.3) is 0 Å². The van der Waals surface area contributed by atoms with Crippen molar-refractivity contribution in [3.63, 3.8) is 0 Å². The molecule has 0 unspecified atom stereocenters. The molecule has 1 aromatic carbocycles. The summed E-state index contributed by atoms with van der Waals surface area (Å²) in [7, 11) is 0. The first-order valence-electron chi connectivity index (χ1n) is 7.45. The number of anilines is 2. The van der Waals surface area contributed by atoms with Gasteiger partial charge in [-0.2, -0.15) is 0 Å². The van der Waals surface area contributed by atoms with E-state index in [1.807, 2.05) is 42.5 Å². The van der Waals surface area contributed by atoms with E-state index >= 15 is 0 Å². The summed E-state index contributed by atoms with van der Waals surface area (Å²) in [6.45, 7) is 3.33. The monoisotopic (exact) mass is 299 g/mol. The third-order valence-corrected chi connectivity index (χ3v) is 2.94. The summed E-state index contributed by atoms with van der Waals surface area (Å²) < 4.78 is 5.49. The molecular weight excluding hydrogens is 278 g/mol. The molecule has 0 aliphatic carbocycles. The highest BCUT2D eigenvalue weighted by Gasteiger charge is 2.03. The number of nitrogens with zero attached hydrogens (tertiary/aromatic N) is 1. The van der Waals surface area contributed by atoms with E-state index in [1.54, 1.807) is 6.20 Å². The first-order chi connectivity index (χ1) is 10.8. The predicted molar refractivity (Wildman–Crippen MR) is 88.2 cm³/mol.